The SMILES string of the molecule is c1ccc(C2(c3ccccc3)c3ccccc3-c3cccc(-c4ccc5c(c4)c4ccccc4n5-c4cccc5c4c4ccccc4n5-c4cccc([Si](c5ccccc5)(c5ccccc5)c5ccccc5)c4)c32)cc1. The van der Waals surface area contributed by atoms with E-state index in [1.54, 1.807) is 0 Å². The number of hydrogen-bond acceptors (Lipinski definition) is 0. The van der Waals surface area contributed by atoms with E-state index in [9.17, 15) is 0 Å². The van der Waals surface area contributed by atoms with E-state index in [1.165, 1.54) is 109 Å². The van der Waals surface area contributed by atoms with Gasteiger partial charge in [0, 0.05) is 27.2 Å². The van der Waals surface area contributed by atoms with Crippen molar-refractivity contribution < 1.29 is 0 Å². The first-order chi connectivity index (χ1) is 37.7. The summed E-state index contributed by atoms with van der Waals surface area (Å²) in [5.74, 6) is 0. The van der Waals surface area contributed by atoms with Gasteiger partial charge in [-0.3, -0.25) is 0 Å². The second-order valence-electron chi connectivity index (χ2n) is 20.3. The summed E-state index contributed by atoms with van der Waals surface area (Å²) in [6, 6.07) is 113. The van der Waals surface area contributed by atoms with Crippen molar-refractivity contribution in [3.8, 4) is 33.6 Å². The third-order valence-corrected chi connectivity index (χ3v) is 21.3. The molecule has 0 amide bonds. The van der Waals surface area contributed by atoms with Crippen LogP contribution in [0.1, 0.15) is 22.3 Å². The van der Waals surface area contributed by atoms with Crippen molar-refractivity contribution in [2.45, 2.75) is 5.41 Å². The van der Waals surface area contributed by atoms with Gasteiger partial charge in [-0.05, 0) is 114 Å². The molecule has 2 aromatic heterocycles. The Morgan fingerprint density at radius 1 is 0.289 bits per heavy atom. The Balaban J connectivity index is 0.948. The lowest BCUT2D eigenvalue weighted by Gasteiger charge is -2.35. The minimum absolute atomic E-state index is 0.522. The van der Waals surface area contributed by atoms with E-state index < -0.39 is 13.5 Å². The summed E-state index contributed by atoms with van der Waals surface area (Å²) < 4.78 is 5.02. The topological polar surface area (TPSA) is 9.86 Å². The third-order valence-electron chi connectivity index (χ3n) is 16.5. The number of benzene rings is 12. The molecule has 356 valence electrons. The molecule has 1 aliphatic rings. The zero-order valence-electron chi connectivity index (χ0n) is 41.8. The monoisotopic (exact) mass is 982 g/mol. The molecule has 0 bridgehead atoms. The van der Waals surface area contributed by atoms with E-state index in [4.69, 9.17) is 0 Å². The molecular formula is C73H50N2Si. The molecule has 0 aliphatic heterocycles. The maximum atomic E-state index is 2.52. The normalized spacial score (nSPS) is 12.8. The fraction of sp³-hybridized carbons (Fsp3) is 0.0137. The molecule has 0 saturated carbocycles. The van der Waals surface area contributed by atoms with E-state index in [0.29, 0.717) is 0 Å². The average Bonchev–Trinajstić information content (AvgIpc) is 4.31. The predicted octanol–water partition coefficient (Wildman–Crippen LogP) is 15.3. The van der Waals surface area contributed by atoms with Gasteiger partial charge in [0.05, 0.1) is 33.2 Å². The minimum Gasteiger partial charge on any atom is -0.309 e. The Morgan fingerprint density at radius 2 is 0.763 bits per heavy atom. The number of hydrogen-bond donors (Lipinski definition) is 0. The van der Waals surface area contributed by atoms with Crippen LogP contribution >= 0.6 is 0 Å². The van der Waals surface area contributed by atoms with Gasteiger partial charge in [-0.1, -0.05) is 255 Å². The molecular weight excluding hydrogens is 933 g/mol. The summed E-state index contributed by atoms with van der Waals surface area (Å²) >= 11 is 0. The lowest BCUT2D eigenvalue weighted by molar-refractivity contribution is 0.770. The molecule has 0 fully saturated rings. The van der Waals surface area contributed by atoms with Crippen molar-refractivity contribution in [1.29, 1.82) is 0 Å². The summed E-state index contributed by atoms with van der Waals surface area (Å²) in [6.07, 6.45) is 0. The van der Waals surface area contributed by atoms with Crippen molar-refractivity contribution in [3.05, 3.63) is 326 Å². The fourth-order valence-electron chi connectivity index (χ4n) is 13.6. The molecule has 2 heterocycles. The summed E-state index contributed by atoms with van der Waals surface area (Å²) in [6.45, 7) is 0. The molecule has 0 saturated heterocycles. The predicted molar refractivity (Wildman–Crippen MR) is 321 cm³/mol. The molecule has 1 aliphatic carbocycles. The lowest BCUT2D eigenvalue weighted by Crippen LogP contribution is -2.74. The van der Waals surface area contributed by atoms with Crippen molar-refractivity contribution in [2.24, 2.45) is 0 Å². The second-order valence-corrected chi connectivity index (χ2v) is 24.1. The maximum absolute atomic E-state index is 2.81. The van der Waals surface area contributed by atoms with E-state index >= 15 is 0 Å². The van der Waals surface area contributed by atoms with Crippen LogP contribution in [0.25, 0.3) is 77.2 Å². The zero-order chi connectivity index (χ0) is 50.2. The summed E-state index contributed by atoms with van der Waals surface area (Å²) in [7, 11) is -2.81. The highest BCUT2D eigenvalue weighted by molar-refractivity contribution is 7.19. The molecule has 0 unspecified atom stereocenters. The van der Waals surface area contributed by atoms with E-state index in [-0.39, 0.29) is 0 Å². The Hall–Kier alpha value is -9.54. The molecule has 76 heavy (non-hydrogen) atoms. The van der Waals surface area contributed by atoms with Gasteiger partial charge in [0.25, 0.3) is 0 Å². The highest BCUT2D eigenvalue weighted by Gasteiger charge is 2.47. The summed E-state index contributed by atoms with van der Waals surface area (Å²) in [5.41, 5.74) is 16.7. The van der Waals surface area contributed by atoms with Crippen LogP contribution in [0.5, 0.6) is 0 Å². The number of aromatic nitrogens is 2. The minimum atomic E-state index is -2.81. The molecule has 0 radical (unpaired) electrons. The van der Waals surface area contributed by atoms with E-state index in [2.05, 4.69) is 312 Å². The standard InChI is InChI=1S/C73H50N2Si/c1-6-25-52(26-7-1)73(53-27-8-2-9-28-53)65-42-19-16-37-60(65)62-41-23-40-59(72(62)73)51-47-48-68-64(49-51)61-38-17-20-43-66(61)75(68)70-46-24-45-69-71(70)63-39-18-21-44-67(63)74(69)54-29-22-36-58(50-54)76(55-30-10-3-11-31-55,56-32-12-4-13-33-56)57-34-14-5-15-35-57/h1-50H. The first-order valence-corrected chi connectivity index (χ1v) is 28.4. The molecule has 15 rings (SSSR count). The summed E-state index contributed by atoms with van der Waals surface area (Å²) in [4.78, 5) is 0. The quantitative estimate of drug-likeness (QED) is 0.101. The Labute approximate surface area is 443 Å². The van der Waals surface area contributed by atoms with Crippen LogP contribution in [0.15, 0.2) is 303 Å². The Bertz CT molecular complexity index is 4360. The first kappa shape index (κ1) is 44.0. The van der Waals surface area contributed by atoms with Crippen molar-refractivity contribution >= 4 is 72.4 Å². The van der Waals surface area contributed by atoms with Gasteiger partial charge in [-0.25, -0.2) is 0 Å². The van der Waals surface area contributed by atoms with Gasteiger partial charge in [0.15, 0.2) is 8.07 Å². The number of fused-ring (bicyclic) bond motifs is 9. The highest BCUT2D eigenvalue weighted by Crippen LogP contribution is 2.59. The van der Waals surface area contributed by atoms with Gasteiger partial charge < -0.3 is 9.13 Å². The van der Waals surface area contributed by atoms with Crippen LogP contribution in [-0.2, 0) is 5.41 Å². The maximum Gasteiger partial charge on any atom is 0.179 e. The Morgan fingerprint density at radius 3 is 1.42 bits per heavy atom. The number of rotatable bonds is 9. The van der Waals surface area contributed by atoms with Crippen LogP contribution < -0.4 is 20.7 Å². The van der Waals surface area contributed by atoms with Gasteiger partial charge in [0.1, 0.15) is 0 Å². The molecule has 14 aromatic rings. The van der Waals surface area contributed by atoms with Gasteiger partial charge in [0.2, 0.25) is 0 Å². The van der Waals surface area contributed by atoms with Crippen LogP contribution in [0.3, 0.4) is 0 Å². The average molecular weight is 983 g/mol. The zero-order valence-corrected chi connectivity index (χ0v) is 42.8. The lowest BCUT2D eigenvalue weighted by atomic mass is 9.66. The Kier molecular flexibility index (Phi) is 10.2. The molecule has 0 N–H and O–H groups in total. The summed E-state index contributed by atoms with van der Waals surface area (Å²) in [5, 5.41) is 10.3. The van der Waals surface area contributed by atoms with Crippen molar-refractivity contribution in [3.63, 3.8) is 0 Å². The molecule has 3 heteroatoms. The number of nitrogens with zero attached hydrogens (tertiary/aromatic N) is 2. The second kappa shape index (κ2) is 17.6. The van der Waals surface area contributed by atoms with Crippen LogP contribution in [0.4, 0.5) is 0 Å². The van der Waals surface area contributed by atoms with Gasteiger partial charge >= 0.3 is 0 Å². The number of para-hydroxylation sites is 2. The van der Waals surface area contributed by atoms with Gasteiger partial charge in [-0.2, -0.15) is 0 Å². The van der Waals surface area contributed by atoms with E-state index in [1.807, 2.05) is 0 Å². The molecule has 12 aromatic carbocycles. The molecule has 0 atom stereocenters. The smallest absolute Gasteiger partial charge is 0.179 e. The first-order valence-electron chi connectivity index (χ1n) is 26.4. The van der Waals surface area contributed by atoms with Crippen molar-refractivity contribution in [2.75, 3.05) is 0 Å². The van der Waals surface area contributed by atoms with Gasteiger partial charge in [-0.15, -0.1) is 0 Å². The van der Waals surface area contributed by atoms with Crippen molar-refractivity contribution in [1.82, 2.24) is 9.13 Å². The molecule has 2 nitrogen and oxygen atoms in total. The van der Waals surface area contributed by atoms with Crippen LogP contribution in [-0.4, -0.2) is 17.2 Å². The van der Waals surface area contributed by atoms with E-state index in [0.717, 1.165) is 11.4 Å². The molecule has 0 spiro atoms. The van der Waals surface area contributed by atoms with Crippen LogP contribution in [0, 0.1) is 0 Å². The van der Waals surface area contributed by atoms with Crippen LogP contribution in [0.2, 0.25) is 0 Å². The highest BCUT2D eigenvalue weighted by atomic mass is 28.3. The third kappa shape index (κ3) is 6.33. The largest absolute Gasteiger partial charge is 0.309 e. The fourth-order valence-corrected chi connectivity index (χ4v) is 18.3.